The number of carbonyl (C=O) groups is 1. The molecule has 6 nitrogen and oxygen atoms in total. The number of ether oxygens (including phenoxy) is 2. The fourth-order valence-corrected chi connectivity index (χ4v) is 4.15. The second-order valence-corrected chi connectivity index (χ2v) is 6.51. The Morgan fingerprint density at radius 2 is 2.31 bits per heavy atom. The number of carbonyl (C=O) groups excluding carboxylic acids is 1. The van der Waals surface area contributed by atoms with E-state index in [2.05, 4.69) is 10.1 Å². The first-order valence-electron chi connectivity index (χ1n) is 5.11. The van der Waals surface area contributed by atoms with Gasteiger partial charge in [0.2, 0.25) is 0 Å². The number of methoxy groups -OCH3 is 1. The minimum absolute atomic E-state index is 0.0912. The number of sulfone groups is 1. The lowest BCUT2D eigenvalue weighted by molar-refractivity contribution is -0.158. The van der Waals surface area contributed by atoms with Crippen molar-refractivity contribution in [3.05, 3.63) is 0 Å². The zero-order valence-corrected chi connectivity index (χ0v) is 9.88. The lowest BCUT2D eigenvalue weighted by atomic mass is 9.98. The largest absolute Gasteiger partial charge is 0.467 e. The summed E-state index contributed by atoms with van der Waals surface area (Å²) in [5.41, 5.74) is -0.497. The summed E-state index contributed by atoms with van der Waals surface area (Å²) in [7, 11) is -1.65. The molecule has 7 heteroatoms. The molecular weight excluding hydrogens is 234 g/mol. The Kier molecular flexibility index (Phi) is 2.93. The maximum absolute atomic E-state index is 11.4. The molecule has 2 aliphatic heterocycles. The Bertz CT molecular complexity index is 383. The van der Waals surface area contributed by atoms with Crippen LogP contribution in [0.2, 0.25) is 0 Å². The molecule has 2 aliphatic rings. The number of nitrogens with one attached hydrogen (secondary N) is 1. The van der Waals surface area contributed by atoms with E-state index >= 15 is 0 Å². The van der Waals surface area contributed by atoms with Gasteiger partial charge in [-0.15, -0.1) is 0 Å². The summed E-state index contributed by atoms with van der Waals surface area (Å²) >= 11 is 0. The predicted molar refractivity (Wildman–Crippen MR) is 55.8 cm³/mol. The van der Waals surface area contributed by atoms with E-state index in [1.54, 1.807) is 0 Å². The molecule has 2 fully saturated rings. The molecule has 0 bridgehead atoms. The van der Waals surface area contributed by atoms with Crippen molar-refractivity contribution in [3.63, 3.8) is 0 Å². The number of esters is 1. The van der Waals surface area contributed by atoms with Crippen molar-refractivity contribution in [2.75, 3.05) is 31.8 Å². The molecule has 0 aromatic carbocycles. The van der Waals surface area contributed by atoms with Crippen LogP contribution >= 0.6 is 0 Å². The third-order valence-electron chi connectivity index (χ3n) is 3.08. The van der Waals surface area contributed by atoms with Crippen molar-refractivity contribution in [2.24, 2.45) is 0 Å². The number of hydrogen-bond donors (Lipinski definition) is 1. The summed E-state index contributed by atoms with van der Waals surface area (Å²) in [4.78, 5) is 11.2. The van der Waals surface area contributed by atoms with Crippen molar-refractivity contribution in [2.45, 2.75) is 18.1 Å². The van der Waals surface area contributed by atoms with Gasteiger partial charge in [0.05, 0.1) is 30.8 Å². The van der Waals surface area contributed by atoms with Gasteiger partial charge in [0.25, 0.3) is 0 Å². The molecule has 0 amide bonds. The van der Waals surface area contributed by atoms with Crippen LogP contribution < -0.4 is 5.32 Å². The fourth-order valence-electron chi connectivity index (χ4n) is 2.13. The van der Waals surface area contributed by atoms with Crippen LogP contribution in [0.15, 0.2) is 0 Å². The highest BCUT2D eigenvalue weighted by atomic mass is 32.2. The Labute approximate surface area is 94.2 Å². The van der Waals surface area contributed by atoms with Gasteiger partial charge < -0.3 is 14.8 Å². The van der Waals surface area contributed by atoms with E-state index in [9.17, 15) is 13.2 Å². The standard InChI is InChI=1S/C9H15NO5S/c1-14-8(11)7-4-10-9(5-15-7)2-3-16(12,13)6-9/h7,10H,2-6H2,1H3. The average molecular weight is 249 g/mol. The fraction of sp³-hybridized carbons (Fsp3) is 0.889. The highest BCUT2D eigenvalue weighted by molar-refractivity contribution is 7.91. The first-order chi connectivity index (χ1) is 7.46. The average Bonchev–Trinajstić information content (AvgIpc) is 2.54. The van der Waals surface area contributed by atoms with Crippen LogP contribution in [-0.4, -0.2) is 57.8 Å². The molecule has 2 unspecified atom stereocenters. The quantitative estimate of drug-likeness (QED) is 0.582. The van der Waals surface area contributed by atoms with Crippen molar-refractivity contribution < 1.29 is 22.7 Å². The normalized spacial score (nSPS) is 37.4. The van der Waals surface area contributed by atoms with E-state index in [0.29, 0.717) is 13.0 Å². The van der Waals surface area contributed by atoms with E-state index < -0.39 is 27.4 Å². The van der Waals surface area contributed by atoms with Crippen LogP contribution in [0.1, 0.15) is 6.42 Å². The van der Waals surface area contributed by atoms with Crippen LogP contribution in [0, 0.1) is 0 Å². The lowest BCUT2D eigenvalue weighted by Gasteiger charge is -2.36. The highest BCUT2D eigenvalue weighted by Crippen LogP contribution is 2.26. The van der Waals surface area contributed by atoms with Gasteiger partial charge in [-0.3, -0.25) is 0 Å². The van der Waals surface area contributed by atoms with Crippen LogP contribution in [-0.2, 0) is 24.1 Å². The molecule has 0 aromatic rings. The number of hydrogen-bond acceptors (Lipinski definition) is 6. The van der Waals surface area contributed by atoms with Gasteiger partial charge in [-0.1, -0.05) is 0 Å². The smallest absolute Gasteiger partial charge is 0.336 e. The van der Waals surface area contributed by atoms with Crippen molar-refractivity contribution in [1.82, 2.24) is 5.32 Å². The van der Waals surface area contributed by atoms with E-state index in [0.717, 1.165) is 0 Å². The molecule has 92 valence electrons. The summed E-state index contributed by atoms with van der Waals surface area (Å²) in [6.07, 6.45) is -0.0811. The molecule has 16 heavy (non-hydrogen) atoms. The Balaban J connectivity index is 1.98. The van der Waals surface area contributed by atoms with Gasteiger partial charge in [-0.2, -0.15) is 0 Å². The zero-order chi connectivity index (χ0) is 11.8. The first-order valence-corrected chi connectivity index (χ1v) is 6.93. The maximum atomic E-state index is 11.4. The number of morpholine rings is 1. The molecule has 2 atom stereocenters. The van der Waals surface area contributed by atoms with Crippen molar-refractivity contribution >= 4 is 15.8 Å². The summed E-state index contributed by atoms with van der Waals surface area (Å²) in [6.45, 7) is 0.550. The second kappa shape index (κ2) is 3.97. The molecule has 0 aromatic heterocycles. The first kappa shape index (κ1) is 11.8. The predicted octanol–water partition coefficient (Wildman–Crippen LogP) is -1.29. The SMILES string of the molecule is COC(=O)C1CNC2(CCS(=O)(=O)C2)CO1. The minimum Gasteiger partial charge on any atom is -0.467 e. The Hall–Kier alpha value is -0.660. The molecule has 0 aliphatic carbocycles. The van der Waals surface area contributed by atoms with E-state index in [4.69, 9.17) is 4.74 Å². The molecular formula is C9H15NO5S. The Morgan fingerprint density at radius 1 is 1.56 bits per heavy atom. The third-order valence-corrected chi connectivity index (χ3v) is 4.89. The second-order valence-electron chi connectivity index (χ2n) is 4.33. The maximum Gasteiger partial charge on any atom is 0.336 e. The minimum atomic E-state index is -2.96. The van der Waals surface area contributed by atoms with Gasteiger partial charge >= 0.3 is 5.97 Å². The van der Waals surface area contributed by atoms with Crippen LogP contribution in [0.5, 0.6) is 0 Å². The molecule has 2 rings (SSSR count). The van der Waals surface area contributed by atoms with Crippen molar-refractivity contribution in [3.8, 4) is 0 Å². The highest BCUT2D eigenvalue weighted by Gasteiger charge is 2.46. The van der Waals surface area contributed by atoms with Gasteiger partial charge in [-0.25, -0.2) is 13.2 Å². The van der Waals surface area contributed by atoms with E-state index in [1.807, 2.05) is 0 Å². The zero-order valence-electron chi connectivity index (χ0n) is 9.06. The lowest BCUT2D eigenvalue weighted by Crippen LogP contribution is -2.59. The van der Waals surface area contributed by atoms with Crippen molar-refractivity contribution in [1.29, 1.82) is 0 Å². The summed E-state index contributed by atoms with van der Waals surface area (Å²) in [5, 5.41) is 3.11. The van der Waals surface area contributed by atoms with Crippen LogP contribution in [0.4, 0.5) is 0 Å². The molecule has 1 N–H and O–H groups in total. The van der Waals surface area contributed by atoms with Crippen LogP contribution in [0.25, 0.3) is 0 Å². The summed E-state index contributed by atoms with van der Waals surface area (Å²) < 4.78 is 32.7. The van der Waals surface area contributed by atoms with Gasteiger partial charge in [0.15, 0.2) is 15.9 Å². The molecule has 0 radical (unpaired) electrons. The molecule has 1 spiro atoms. The third kappa shape index (κ3) is 2.21. The van der Waals surface area contributed by atoms with E-state index in [1.165, 1.54) is 7.11 Å². The number of rotatable bonds is 1. The molecule has 2 heterocycles. The van der Waals surface area contributed by atoms with Crippen LogP contribution in [0.3, 0.4) is 0 Å². The van der Waals surface area contributed by atoms with Gasteiger partial charge in [-0.05, 0) is 6.42 Å². The summed E-state index contributed by atoms with van der Waals surface area (Å²) in [6, 6.07) is 0. The molecule has 2 saturated heterocycles. The Morgan fingerprint density at radius 3 is 2.75 bits per heavy atom. The molecule has 0 saturated carbocycles. The topological polar surface area (TPSA) is 81.7 Å². The van der Waals surface area contributed by atoms with Gasteiger partial charge in [0.1, 0.15) is 0 Å². The van der Waals surface area contributed by atoms with E-state index in [-0.39, 0.29) is 18.1 Å². The van der Waals surface area contributed by atoms with Gasteiger partial charge in [0, 0.05) is 6.54 Å². The summed E-state index contributed by atoms with van der Waals surface area (Å²) in [5.74, 6) is -0.150. The monoisotopic (exact) mass is 249 g/mol.